The van der Waals surface area contributed by atoms with Crippen molar-refractivity contribution < 1.29 is 0 Å². The fourth-order valence-electron chi connectivity index (χ4n) is 6.37. The van der Waals surface area contributed by atoms with E-state index in [-0.39, 0.29) is 5.41 Å². The van der Waals surface area contributed by atoms with Gasteiger partial charge < -0.3 is 4.90 Å². The first-order chi connectivity index (χ1) is 27.8. The average Bonchev–Trinajstić information content (AvgIpc) is 3.21. The Balaban J connectivity index is 2.72. The summed E-state index contributed by atoms with van der Waals surface area (Å²) in [7, 11) is 0. The SMILES string of the molecule is C#CC/C=C\C(C)=C(/Cc1ccc(N(/C(C)=C/C=C(CC#C)/C(C)=C/C=C\C)/C(C=C)=C/C=C/C/C(C#C)=C(/C=C\C)C(C)(C)C(=C)C)cc1)Cc1ccccc1C. The Morgan fingerprint density at radius 2 is 1.52 bits per heavy atom. The third-order valence-electron chi connectivity index (χ3n) is 10.4. The largest absolute Gasteiger partial charge is 0.315 e. The van der Waals surface area contributed by atoms with Crippen molar-refractivity contribution in [3.05, 3.63) is 208 Å². The van der Waals surface area contributed by atoms with E-state index >= 15 is 0 Å². The van der Waals surface area contributed by atoms with Crippen LogP contribution in [0.15, 0.2) is 191 Å². The molecule has 0 radical (unpaired) electrons. The molecule has 0 heterocycles. The van der Waals surface area contributed by atoms with E-state index in [2.05, 4.69) is 188 Å². The quantitative estimate of drug-likeness (QED) is 0.0737. The molecule has 0 atom stereocenters. The number of terminal acetylenes is 3. The van der Waals surface area contributed by atoms with E-state index in [9.17, 15) is 0 Å². The van der Waals surface area contributed by atoms with Crippen LogP contribution in [-0.4, -0.2) is 0 Å². The van der Waals surface area contributed by atoms with E-state index in [1.165, 1.54) is 27.8 Å². The van der Waals surface area contributed by atoms with Crippen LogP contribution in [0.2, 0.25) is 0 Å². The maximum atomic E-state index is 6.10. The predicted octanol–water partition coefficient (Wildman–Crippen LogP) is 15.0. The molecule has 0 fully saturated rings. The summed E-state index contributed by atoms with van der Waals surface area (Å²) in [5.41, 5.74) is 14.5. The summed E-state index contributed by atoms with van der Waals surface area (Å²) < 4.78 is 0. The van der Waals surface area contributed by atoms with E-state index < -0.39 is 0 Å². The maximum Gasteiger partial charge on any atom is 0.0458 e. The Bertz CT molecular complexity index is 2180. The van der Waals surface area contributed by atoms with Crippen LogP contribution >= 0.6 is 0 Å². The number of hydrogen-bond donors (Lipinski definition) is 0. The molecule has 0 aliphatic carbocycles. The van der Waals surface area contributed by atoms with Gasteiger partial charge in [-0.05, 0) is 131 Å². The zero-order chi connectivity index (χ0) is 43.1. The van der Waals surface area contributed by atoms with E-state index in [4.69, 9.17) is 19.3 Å². The van der Waals surface area contributed by atoms with Crippen molar-refractivity contribution in [2.45, 2.75) is 94.4 Å². The van der Waals surface area contributed by atoms with Crippen LogP contribution in [-0.2, 0) is 12.8 Å². The first-order valence-electron chi connectivity index (χ1n) is 20.1. The Morgan fingerprint density at radius 1 is 0.810 bits per heavy atom. The van der Waals surface area contributed by atoms with Crippen molar-refractivity contribution in [2.24, 2.45) is 5.41 Å². The molecule has 2 aromatic carbocycles. The Labute approximate surface area is 353 Å². The molecule has 1 heteroatoms. The lowest BCUT2D eigenvalue weighted by atomic mass is 9.75. The van der Waals surface area contributed by atoms with Gasteiger partial charge in [-0.15, -0.1) is 31.1 Å². The third kappa shape index (κ3) is 14.7. The van der Waals surface area contributed by atoms with Crippen molar-refractivity contribution in [3.63, 3.8) is 0 Å². The van der Waals surface area contributed by atoms with Gasteiger partial charge in [-0.3, -0.25) is 0 Å². The lowest BCUT2D eigenvalue weighted by Crippen LogP contribution is -2.19. The molecular weight excluding hydrogens is 699 g/mol. The van der Waals surface area contributed by atoms with E-state index in [1.54, 1.807) is 0 Å². The van der Waals surface area contributed by atoms with Gasteiger partial charge >= 0.3 is 0 Å². The van der Waals surface area contributed by atoms with Crippen molar-refractivity contribution >= 4 is 5.69 Å². The number of hydrogen-bond acceptors (Lipinski definition) is 1. The summed E-state index contributed by atoms with van der Waals surface area (Å²) in [4.78, 5) is 2.22. The fraction of sp³-hybridized carbons (Fsp3) is 0.263. The normalized spacial score (nSPS) is 14.0. The Morgan fingerprint density at radius 3 is 2.10 bits per heavy atom. The van der Waals surface area contributed by atoms with Gasteiger partial charge in [0.15, 0.2) is 0 Å². The maximum absolute atomic E-state index is 6.10. The van der Waals surface area contributed by atoms with Crippen LogP contribution in [0.1, 0.15) is 91.3 Å². The standard InChI is InChI=1S/C57H65N/c1-15-21-23-31-47(11)53(43-52-34-25-24-32-46(52)10)42-49-37-40-55(41-38-49)58(48(12)36-39-51(28-17-3)45(9)30-22-16-2)54(20-6)35-27-26-33-50(19-5)56(29-18-4)57(13,14)44(7)8/h1,3,5,16,18,20,22-27,29-32,34-41H,6-7,21,28,33,42-43H2,2,4,8-14H3/b22-16-,27-26+,29-18-,31-23-,45-30+,48-36+,51-39+,53-47+,54-35+,56-50-. The second-order valence-electron chi connectivity index (χ2n) is 15.0. The first kappa shape index (κ1) is 48.0. The second-order valence-corrected chi connectivity index (χ2v) is 15.0. The van der Waals surface area contributed by atoms with E-state index in [0.717, 1.165) is 57.8 Å². The molecule has 0 N–H and O–H groups in total. The second kappa shape index (κ2) is 25.1. The Hall–Kier alpha value is -6.20. The molecule has 1 nitrogen and oxygen atoms in total. The summed E-state index contributed by atoms with van der Waals surface area (Å²) in [6.07, 6.45) is 47.8. The molecule has 0 saturated heterocycles. The minimum Gasteiger partial charge on any atom is -0.315 e. The highest BCUT2D eigenvalue weighted by atomic mass is 15.1. The average molecular weight is 764 g/mol. The summed E-state index contributed by atoms with van der Waals surface area (Å²) in [5.74, 6) is 8.51. The Kier molecular flexibility index (Phi) is 20.8. The molecular formula is C57H65N. The first-order valence-corrected chi connectivity index (χ1v) is 20.1. The number of aryl methyl sites for hydroxylation is 1. The zero-order valence-electron chi connectivity index (χ0n) is 36.8. The summed E-state index contributed by atoms with van der Waals surface area (Å²) in [6.45, 7) is 27.5. The molecule has 0 aliphatic heterocycles. The topological polar surface area (TPSA) is 3.24 Å². The van der Waals surface area contributed by atoms with E-state index in [0.29, 0.717) is 19.3 Å². The monoisotopic (exact) mass is 764 g/mol. The molecule has 0 aliphatic rings. The lowest BCUT2D eigenvalue weighted by molar-refractivity contribution is 0.549. The summed E-state index contributed by atoms with van der Waals surface area (Å²) in [5, 5.41) is 0. The van der Waals surface area contributed by atoms with Gasteiger partial charge in [-0.25, -0.2) is 0 Å². The molecule has 0 amide bonds. The van der Waals surface area contributed by atoms with Crippen LogP contribution in [0, 0.1) is 49.4 Å². The highest BCUT2D eigenvalue weighted by Crippen LogP contribution is 2.37. The number of benzene rings is 2. The molecule has 0 unspecified atom stereocenters. The van der Waals surface area contributed by atoms with Gasteiger partial charge in [-0.2, -0.15) is 0 Å². The van der Waals surface area contributed by atoms with Gasteiger partial charge in [0.05, 0.1) is 0 Å². The number of anilines is 1. The molecule has 0 aromatic heterocycles. The van der Waals surface area contributed by atoms with Crippen molar-refractivity contribution in [3.8, 4) is 37.0 Å². The van der Waals surface area contributed by atoms with Gasteiger partial charge in [0, 0.05) is 40.9 Å². The fourth-order valence-corrected chi connectivity index (χ4v) is 6.37. The minimum atomic E-state index is -0.254. The van der Waals surface area contributed by atoms with Gasteiger partial charge in [0.25, 0.3) is 0 Å². The smallest absolute Gasteiger partial charge is 0.0458 e. The number of nitrogens with zero attached hydrogens (tertiary/aromatic N) is 1. The van der Waals surface area contributed by atoms with Gasteiger partial charge in [0.1, 0.15) is 0 Å². The lowest BCUT2D eigenvalue weighted by Gasteiger charge is -2.28. The molecule has 2 rings (SSSR count). The zero-order valence-corrected chi connectivity index (χ0v) is 36.8. The van der Waals surface area contributed by atoms with E-state index in [1.807, 2.05) is 38.2 Å². The van der Waals surface area contributed by atoms with Crippen LogP contribution < -0.4 is 4.90 Å². The highest BCUT2D eigenvalue weighted by molar-refractivity contribution is 5.62. The van der Waals surface area contributed by atoms with Crippen molar-refractivity contribution in [1.82, 2.24) is 0 Å². The molecule has 0 spiro atoms. The van der Waals surface area contributed by atoms with Crippen molar-refractivity contribution in [2.75, 3.05) is 4.90 Å². The van der Waals surface area contributed by atoms with Crippen LogP contribution in [0.3, 0.4) is 0 Å². The molecule has 0 saturated carbocycles. The minimum absolute atomic E-state index is 0.254. The highest BCUT2D eigenvalue weighted by Gasteiger charge is 2.24. The van der Waals surface area contributed by atoms with Gasteiger partial charge in [-0.1, -0.05) is 147 Å². The van der Waals surface area contributed by atoms with Crippen LogP contribution in [0.5, 0.6) is 0 Å². The van der Waals surface area contributed by atoms with Crippen molar-refractivity contribution in [1.29, 1.82) is 0 Å². The molecule has 58 heavy (non-hydrogen) atoms. The summed E-state index contributed by atoms with van der Waals surface area (Å²) >= 11 is 0. The van der Waals surface area contributed by atoms with Crippen LogP contribution in [0.4, 0.5) is 5.69 Å². The molecule has 298 valence electrons. The molecule has 0 bridgehead atoms. The van der Waals surface area contributed by atoms with Crippen LogP contribution in [0.25, 0.3) is 0 Å². The van der Waals surface area contributed by atoms with Gasteiger partial charge in [0.2, 0.25) is 0 Å². The third-order valence-corrected chi connectivity index (χ3v) is 10.4. The number of rotatable bonds is 20. The predicted molar refractivity (Wildman–Crippen MR) is 258 cm³/mol. The molecule has 2 aromatic rings. The number of allylic oxidation sites excluding steroid dienone is 21. The summed E-state index contributed by atoms with van der Waals surface area (Å²) in [6, 6.07) is 17.4.